The highest BCUT2D eigenvalue weighted by atomic mass is 32.2. The molecule has 0 radical (unpaired) electrons. The highest BCUT2D eigenvalue weighted by Crippen LogP contribution is 2.05. The third-order valence-electron chi connectivity index (χ3n) is 2.38. The molecule has 0 aliphatic rings. The molecule has 0 rings (SSSR count). The maximum Gasteiger partial charge on any atom is 0.321 e. The first-order chi connectivity index (χ1) is 7.85. The van der Waals surface area contributed by atoms with Gasteiger partial charge < -0.3 is 5.11 Å². The Morgan fingerprint density at radius 1 is 1.35 bits per heavy atom. The first kappa shape index (κ1) is 16.3. The van der Waals surface area contributed by atoms with Gasteiger partial charge in [-0.1, -0.05) is 26.7 Å². The highest BCUT2D eigenvalue weighted by molar-refractivity contribution is 7.87. The van der Waals surface area contributed by atoms with Gasteiger partial charge in [0.2, 0.25) is 0 Å². The van der Waals surface area contributed by atoms with Gasteiger partial charge in [0, 0.05) is 13.6 Å². The van der Waals surface area contributed by atoms with Gasteiger partial charge in [0.15, 0.2) is 0 Å². The van der Waals surface area contributed by atoms with E-state index in [2.05, 4.69) is 4.72 Å². The lowest BCUT2D eigenvalue weighted by atomic mass is 10.1. The van der Waals surface area contributed by atoms with E-state index in [1.807, 2.05) is 13.8 Å². The Morgan fingerprint density at radius 3 is 2.35 bits per heavy atom. The molecule has 0 spiro atoms. The van der Waals surface area contributed by atoms with E-state index in [9.17, 15) is 13.2 Å². The van der Waals surface area contributed by atoms with Crippen LogP contribution in [-0.2, 0) is 15.0 Å². The summed E-state index contributed by atoms with van der Waals surface area (Å²) in [6.45, 7) is 4.16. The summed E-state index contributed by atoms with van der Waals surface area (Å²) in [7, 11) is -2.26. The molecule has 7 heteroatoms. The molecule has 0 aromatic heterocycles. The van der Waals surface area contributed by atoms with Crippen molar-refractivity contribution >= 4 is 16.2 Å². The SMILES string of the molecule is CCCCC(NS(=O)(=O)N(C)CCC)C(=O)O. The monoisotopic (exact) mass is 266 g/mol. The van der Waals surface area contributed by atoms with Gasteiger partial charge in [0.25, 0.3) is 10.2 Å². The first-order valence-corrected chi connectivity index (χ1v) is 7.25. The molecule has 2 N–H and O–H groups in total. The number of nitrogens with zero attached hydrogens (tertiary/aromatic N) is 1. The highest BCUT2D eigenvalue weighted by Gasteiger charge is 2.25. The van der Waals surface area contributed by atoms with Crippen LogP contribution < -0.4 is 4.72 Å². The molecule has 1 unspecified atom stereocenters. The van der Waals surface area contributed by atoms with Crippen molar-refractivity contribution in [3.05, 3.63) is 0 Å². The third kappa shape index (κ3) is 5.99. The lowest BCUT2D eigenvalue weighted by Crippen LogP contribution is -2.47. The van der Waals surface area contributed by atoms with Gasteiger partial charge in [-0.3, -0.25) is 4.79 Å². The van der Waals surface area contributed by atoms with E-state index in [1.165, 1.54) is 7.05 Å². The van der Waals surface area contributed by atoms with Crippen molar-refractivity contribution in [2.24, 2.45) is 0 Å². The van der Waals surface area contributed by atoms with Crippen LogP contribution in [0.4, 0.5) is 0 Å². The third-order valence-corrected chi connectivity index (χ3v) is 3.97. The van der Waals surface area contributed by atoms with Crippen LogP contribution >= 0.6 is 0 Å². The fourth-order valence-electron chi connectivity index (χ4n) is 1.35. The molecular formula is C10H22N2O4S. The van der Waals surface area contributed by atoms with Crippen molar-refractivity contribution in [1.29, 1.82) is 0 Å². The van der Waals surface area contributed by atoms with Crippen LogP contribution in [0, 0.1) is 0 Å². The Bertz CT molecular complexity index is 329. The molecule has 0 saturated carbocycles. The number of nitrogens with one attached hydrogen (secondary N) is 1. The summed E-state index contributed by atoms with van der Waals surface area (Å²) in [5.74, 6) is -1.13. The van der Waals surface area contributed by atoms with E-state index in [0.29, 0.717) is 25.8 Å². The predicted octanol–water partition coefficient (Wildman–Crippen LogP) is 0.806. The second-order valence-electron chi connectivity index (χ2n) is 3.98. The van der Waals surface area contributed by atoms with Gasteiger partial charge in [0.05, 0.1) is 0 Å². The average molecular weight is 266 g/mol. The van der Waals surface area contributed by atoms with Gasteiger partial charge in [-0.2, -0.15) is 17.4 Å². The fourth-order valence-corrected chi connectivity index (χ4v) is 2.53. The van der Waals surface area contributed by atoms with Crippen LogP contribution in [0.2, 0.25) is 0 Å². The predicted molar refractivity (Wildman–Crippen MR) is 65.9 cm³/mol. The van der Waals surface area contributed by atoms with Crippen molar-refractivity contribution in [3.8, 4) is 0 Å². The van der Waals surface area contributed by atoms with Gasteiger partial charge in [-0.05, 0) is 12.8 Å². The minimum absolute atomic E-state index is 0.311. The number of carbonyl (C=O) groups is 1. The maximum atomic E-state index is 11.7. The van der Waals surface area contributed by atoms with Gasteiger partial charge in [-0.25, -0.2) is 0 Å². The largest absolute Gasteiger partial charge is 0.480 e. The number of aliphatic carboxylic acids is 1. The lowest BCUT2D eigenvalue weighted by molar-refractivity contribution is -0.139. The molecule has 0 aromatic carbocycles. The van der Waals surface area contributed by atoms with Crippen LogP contribution in [0.1, 0.15) is 39.5 Å². The van der Waals surface area contributed by atoms with E-state index >= 15 is 0 Å². The molecule has 0 aromatic rings. The number of hydrogen-bond acceptors (Lipinski definition) is 3. The quantitative estimate of drug-likeness (QED) is 0.646. The Morgan fingerprint density at radius 2 is 1.94 bits per heavy atom. The number of carboxylic acid groups (broad SMARTS) is 1. The summed E-state index contributed by atoms with van der Waals surface area (Å²) in [4.78, 5) is 10.9. The molecule has 1 atom stereocenters. The summed E-state index contributed by atoms with van der Waals surface area (Å²) < 4.78 is 26.8. The smallest absolute Gasteiger partial charge is 0.321 e. The molecule has 0 aliphatic carbocycles. The molecule has 0 fully saturated rings. The number of rotatable bonds is 9. The fraction of sp³-hybridized carbons (Fsp3) is 0.900. The van der Waals surface area contributed by atoms with Crippen molar-refractivity contribution in [3.63, 3.8) is 0 Å². The van der Waals surface area contributed by atoms with Gasteiger partial charge >= 0.3 is 5.97 Å². The zero-order valence-electron chi connectivity index (χ0n) is 10.6. The molecule has 17 heavy (non-hydrogen) atoms. The first-order valence-electron chi connectivity index (χ1n) is 5.81. The Balaban J connectivity index is 4.57. The van der Waals surface area contributed by atoms with Crippen molar-refractivity contribution < 1.29 is 18.3 Å². The Hall–Kier alpha value is -0.660. The van der Waals surface area contributed by atoms with E-state index in [4.69, 9.17) is 5.11 Å². The van der Waals surface area contributed by atoms with Crippen LogP contribution in [0.25, 0.3) is 0 Å². The summed E-state index contributed by atoms with van der Waals surface area (Å²) in [6, 6.07) is -1.04. The number of unbranched alkanes of at least 4 members (excludes halogenated alkanes) is 1. The van der Waals surface area contributed by atoms with Crippen LogP contribution in [0.3, 0.4) is 0 Å². The second-order valence-corrected chi connectivity index (χ2v) is 5.79. The minimum Gasteiger partial charge on any atom is -0.480 e. The standard InChI is InChI=1S/C10H22N2O4S/c1-4-6-7-9(10(13)14)11-17(15,16)12(3)8-5-2/h9,11H,4-8H2,1-3H3,(H,13,14). The summed E-state index contributed by atoms with van der Waals surface area (Å²) >= 11 is 0. The maximum absolute atomic E-state index is 11.7. The lowest BCUT2D eigenvalue weighted by Gasteiger charge is -2.20. The normalized spacial score (nSPS) is 13.9. The van der Waals surface area contributed by atoms with Crippen molar-refractivity contribution in [2.45, 2.75) is 45.6 Å². The number of carboxylic acids is 1. The van der Waals surface area contributed by atoms with E-state index in [0.717, 1.165) is 10.7 Å². The molecule has 0 heterocycles. The molecule has 0 saturated heterocycles. The average Bonchev–Trinajstić information content (AvgIpc) is 2.24. The molecule has 102 valence electrons. The van der Waals surface area contributed by atoms with Gasteiger partial charge in [-0.15, -0.1) is 0 Å². The van der Waals surface area contributed by atoms with E-state index in [-0.39, 0.29) is 0 Å². The topological polar surface area (TPSA) is 86.7 Å². The second kappa shape index (κ2) is 7.62. The molecule has 0 aliphatic heterocycles. The minimum atomic E-state index is -3.69. The summed E-state index contributed by atoms with van der Waals surface area (Å²) in [5, 5.41) is 8.93. The van der Waals surface area contributed by atoms with Crippen LogP contribution in [-0.4, -0.2) is 43.4 Å². The zero-order chi connectivity index (χ0) is 13.5. The summed E-state index contributed by atoms with van der Waals surface area (Å²) in [6.07, 6.45) is 2.50. The number of hydrogen-bond donors (Lipinski definition) is 2. The van der Waals surface area contributed by atoms with Crippen molar-refractivity contribution in [1.82, 2.24) is 9.03 Å². The van der Waals surface area contributed by atoms with Gasteiger partial charge in [0.1, 0.15) is 6.04 Å². The van der Waals surface area contributed by atoms with Crippen LogP contribution in [0.15, 0.2) is 0 Å². The molecule has 0 amide bonds. The van der Waals surface area contributed by atoms with E-state index in [1.54, 1.807) is 0 Å². The molecular weight excluding hydrogens is 244 g/mol. The van der Waals surface area contributed by atoms with Crippen LogP contribution in [0.5, 0.6) is 0 Å². The van der Waals surface area contributed by atoms with Crippen molar-refractivity contribution in [2.75, 3.05) is 13.6 Å². The van der Waals surface area contributed by atoms with E-state index < -0.39 is 22.2 Å². The Labute approximate surface area is 103 Å². The summed E-state index contributed by atoms with van der Waals surface area (Å²) in [5.41, 5.74) is 0. The molecule has 0 bridgehead atoms. The zero-order valence-corrected chi connectivity index (χ0v) is 11.5. The Kier molecular flexibility index (Phi) is 7.33. The molecule has 6 nitrogen and oxygen atoms in total.